The Morgan fingerprint density at radius 3 is 2.38 bits per heavy atom. The predicted octanol–water partition coefficient (Wildman–Crippen LogP) is 2.89. The van der Waals surface area contributed by atoms with Crippen LogP contribution in [0.2, 0.25) is 0 Å². The first kappa shape index (κ1) is 16.9. The Morgan fingerprint density at radius 2 is 1.69 bits per heavy atom. The van der Waals surface area contributed by atoms with Gasteiger partial charge >= 0.3 is 0 Å². The zero-order chi connectivity index (χ0) is 18.0. The lowest BCUT2D eigenvalue weighted by Crippen LogP contribution is -2.42. The second kappa shape index (κ2) is 6.97. The molecule has 6 heteroatoms. The van der Waals surface area contributed by atoms with Crippen molar-refractivity contribution >= 4 is 0 Å². The van der Waals surface area contributed by atoms with E-state index in [9.17, 15) is 9.50 Å². The Kier molecular flexibility index (Phi) is 4.53. The number of rotatable bonds is 4. The Labute approximate surface area is 151 Å². The summed E-state index contributed by atoms with van der Waals surface area (Å²) in [6.45, 7) is 2.21. The van der Waals surface area contributed by atoms with E-state index >= 15 is 0 Å². The van der Waals surface area contributed by atoms with Crippen molar-refractivity contribution in [1.29, 1.82) is 0 Å². The molecule has 1 saturated heterocycles. The minimum atomic E-state index is -0.883. The second-order valence-electron chi connectivity index (χ2n) is 6.80. The van der Waals surface area contributed by atoms with E-state index in [0.29, 0.717) is 19.4 Å². The molecule has 1 fully saturated rings. The smallest absolute Gasteiger partial charge is 0.123 e. The van der Waals surface area contributed by atoms with Crippen LogP contribution in [0.15, 0.2) is 60.8 Å². The molecule has 4 rings (SSSR count). The first-order valence-corrected chi connectivity index (χ1v) is 8.80. The molecule has 3 aromatic rings. The fraction of sp³-hybridized carbons (Fsp3) is 0.300. The van der Waals surface area contributed by atoms with Gasteiger partial charge in [0.2, 0.25) is 0 Å². The van der Waals surface area contributed by atoms with Gasteiger partial charge in [0.05, 0.1) is 23.2 Å². The minimum absolute atomic E-state index is 0.281. The molecule has 0 unspecified atom stereocenters. The van der Waals surface area contributed by atoms with Crippen molar-refractivity contribution < 1.29 is 9.50 Å². The monoisotopic (exact) mass is 352 g/mol. The standard InChI is InChI=1S/C20H21FN4O/c21-17-8-6-16(7-9-17)20(26)10-12-24(13-11-20)14-18-15-25(23-22-18)19-4-2-1-3-5-19/h1-9,15,26H,10-14H2. The molecule has 1 N–H and O–H groups in total. The Balaban J connectivity index is 1.38. The second-order valence-corrected chi connectivity index (χ2v) is 6.80. The molecule has 0 amide bonds. The van der Waals surface area contributed by atoms with Gasteiger partial charge in [-0.25, -0.2) is 9.07 Å². The van der Waals surface area contributed by atoms with Crippen molar-refractivity contribution in [3.63, 3.8) is 0 Å². The van der Waals surface area contributed by atoms with Gasteiger partial charge in [-0.2, -0.15) is 0 Å². The van der Waals surface area contributed by atoms with Crippen molar-refractivity contribution in [3.8, 4) is 5.69 Å². The summed E-state index contributed by atoms with van der Waals surface area (Å²) in [7, 11) is 0. The third kappa shape index (κ3) is 3.52. The van der Waals surface area contributed by atoms with Crippen LogP contribution in [0.5, 0.6) is 0 Å². The molecule has 0 bridgehead atoms. The van der Waals surface area contributed by atoms with Gasteiger partial charge < -0.3 is 5.11 Å². The number of likely N-dealkylation sites (tertiary alicyclic amines) is 1. The van der Waals surface area contributed by atoms with Gasteiger partial charge in [0, 0.05) is 19.6 Å². The van der Waals surface area contributed by atoms with Gasteiger partial charge in [-0.15, -0.1) is 5.10 Å². The summed E-state index contributed by atoms with van der Waals surface area (Å²) >= 11 is 0. The fourth-order valence-electron chi connectivity index (χ4n) is 3.44. The third-order valence-corrected chi connectivity index (χ3v) is 5.01. The number of para-hydroxylation sites is 1. The summed E-state index contributed by atoms with van der Waals surface area (Å²) in [5, 5.41) is 19.3. The summed E-state index contributed by atoms with van der Waals surface area (Å²) < 4.78 is 14.9. The largest absolute Gasteiger partial charge is 0.385 e. The minimum Gasteiger partial charge on any atom is -0.385 e. The number of aliphatic hydroxyl groups is 1. The fourth-order valence-corrected chi connectivity index (χ4v) is 3.44. The summed E-state index contributed by atoms with van der Waals surface area (Å²) in [5.41, 5.74) is 1.79. The van der Waals surface area contributed by atoms with Crippen LogP contribution >= 0.6 is 0 Å². The van der Waals surface area contributed by atoms with Crippen LogP contribution < -0.4 is 0 Å². The van der Waals surface area contributed by atoms with Crippen LogP contribution in [0.4, 0.5) is 4.39 Å². The van der Waals surface area contributed by atoms with Crippen molar-refractivity contribution in [2.75, 3.05) is 13.1 Å². The lowest BCUT2D eigenvalue weighted by Gasteiger charge is -2.38. The molecule has 134 valence electrons. The van der Waals surface area contributed by atoms with Crippen molar-refractivity contribution in [3.05, 3.63) is 77.9 Å². The first-order chi connectivity index (χ1) is 12.6. The van der Waals surface area contributed by atoms with Crippen LogP contribution in [0, 0.1) is 5.82 Å². The van der Waals surface area contributed by atoms with E-state index in [2.05, 4.69) is 15.2 Å². The van der Waals surface area contributed by atoms with Gasteiger partial charge in [0.1, 0.15) is 5.82 Å². The van der Waals surface area contributed by atoms with Gasteiger partial charge in [-0.1, -0.05) is 35.5 Å². The van der Waals surface area contributed by atoms with Crippen LogP contribution in [-0.4, -0.2) is 38.1 Å². The lowest BCUT2D eigenvalue weighted by atomic mass is 9.84. The molecule has 0 atom stereocenters. The van der Waals surface area contributed by atoms with E-state index in [1.165, 1.54) is 12.1 Å². The molecule has 0 saturated carbocycles. The molecule has 1 aliphatic rings. The summed E-state index contributed by atoms with van der Waals surface area (Å²) in [4.78, 5) is 2.26. The highest BCUT2D eigenvalue weighted by Crippen LogP contribution is 2.33. The van der Waals surface area contributed by atoms with Gasteiger partial charge in [-0.05, 0) is 42.7 Å². The number of aromatic nitrogens is 3. The molecule has 26 heavy (non-hydrogen) atoms. The molecule has 5 nitrogen and oxygen atoms in total. The maximum atomic E-state index is 13.1. The van der Waals surface area contributed by atoms with E-state index in [-0.39, 0.29) is 5.82 Å². The highest BCUT2D eigenvalue weighted by molar-refractivity contribution is 5.30. The molecule has 0 spiro atoms. The van der Waals surface area contributed by atoms with Crippen LogP contribution in [0.1, 0.15) is 24.1 Å². The van der Waals surface area contributed by atoms with Crippen molar-refractivity contribution in [2.45, 2.75) is 25.0 Å². The van der Waals surface area contributed by atoms with Gasteiger partial charge in [0.25, 0.3) is 0 Å². The normalized spacial score (nSPS) is 17.3. The molecular formula is C20H21FN4O. The number of halogens is 1. The predicted molar refractivity (Wildman–Crippen MR) is 96.2 cm³/mol. The molecule has 2 heterocycles. The maximum Gasteiger partial charge on any atom is 0.123 e. The Hall–Kier alpha value is -2.57. The van der Waals surface area contributed by atoms with Gasteiger partial charge in [-0.3, -0.25) is 4.90 Å². The molecule has 0 radical (unpaired) electrons. The Bertz CT molecular complexity index is 855. The zero-order valence-electron chi connectivity index (χ0n) is 14.4. The number of hydrogen-bond donors (Lipinski definition) is 1. The summed E-state index contributed by atoms with van der Waals surface area (Å²) in [5.74, 6) is -0.281. The SMILES string of the molecule is OC1(c2ccc(F)cc2)CCN(Cc2cn(-c3ccccc3)nn2)CC1. The topological polar surface area (TPSA) is 54.2 Å². The molecular weight excluding hydrogens is 331 g/mol. The number of hydrogen-bond acceptors (Lipinski definition) is 4. The van der Waals surface area contributed by atoms with Crippen molar-refractivity contribution in [1.82, 2.24) is 19.9 Å². The quantitative estimate of drug-likeness (QED) is 0.784. The molecule has 1 aromatic heterocycles. The molecule has 1 aliphatic heterocycles. The van der Waals surface area contributed by atoms with Crippen LogP contribution in [0.3, 0.4) is 0 Å². The first-order valence-electron chi connectivity index (χ1n) is 8.80. The van der Waals surface area contributed by atoms with Crippen LogP contribution in [0.25, 0.3) is 5.69 Å². The summed E-state index contributed by atoms with van der Waals surface area (Å²) in [6.07, 6.45) is 3.17. The van der Waals surface area contributed by atoms with E-state index < -0.39 is 5.60 Å². The van der Waals surface area contributed by atoms with Crippen molar-refractivity contribution in [2.24, 2.45) is 0 Å². The number of nitrogens with zero attached hydrogens (tertiary/aromatic N) is 4. The maximum absolute atomic E-state index is 13.1. The molecule has 0 aliphatic carbocycles. The average Bonchev–Trinajstić information content (AvgIpc) is 3.14. The van der Waals surface area contributed by atoms with E-state index in [4.69, 9.17) is 0 Å². The average molecular weight is 352 g/mol. The highest BCUT2D eigenvalue weighted by Gasteiger charge is 2.34. The number of piperidine rings is 1. The van der Waals surface area contributed by atoms with E-state index in [1.54, 1.807) is 16.8 Å². The van der Waals surface area contributed by atoms with Crippen LogP contribution in [-0.2, 0) is 12.1 Å². The van der Waals surface area contributed by atoms with Gasteiger partial charge in [0.15, 0.2) is 0 Å². The molecule has 2 aromatic carbocycles. The Morgan fingerprint density at radius 1 is 1.00 bits per heavy atom. The number of benzene rings is 2. The third-order valence-electron chi connectivity index (χ3n) is 5.01. The highest BCUT2D eigenvalue weighted by atomic mass is 19.1. The lowest BCUT2D eigenvalue weighted by molar-refractivity contribution is -0.0280. The zero-order valence-corrected chi connectivity index (χ0v) is 14.4. The van der Waals surface area contributed by atoms with E-state index in [1.807, 2.05) is 36.5 Å². The van der Waals surface area contributed by atoms with E-state index in [0.717, 1.165) is 30.0 Å². The summed E-state index contributed by atoms with van der Waals surface area (Å²) in [6, 6.07) is 16.0.